The molecule has 9 atom stereocenters. The maximum absolute atomic E-state index is 17.2. The molecule has 4 aliphatic rings. The zero-order valence-corrected chi connectivity index (χ0v) is 20.5. The van der Waals surface area contributed by atoms with Crippen LogP contribution in [0.25, 0.3) is 0 Å². The zero-order chi connectivity index (χ0) is 24.6. The topological polar surface area (TPSA) is 80.7 Å². The fourth-order valence-electron chi connectivity index (χ4n) is 7.62. The molecule has 0 aromatic carbocycles. The van der Waals surface area contributed by atoms with E-state index in [1.165, 1.54) is 12.2 Å². The molecule has 0 amide bonds. The van der Waals surface area contributed by atoms with Crippen LogP contribution in [0, 0.1) is 28.6 Å². The third kappa shape index (κ3) is 2.89. The number of thioether (sulfide) groups is 1. The Kier molecular flexibility index (Phi) is 5.76. The number of ether oxygens (including phenoxy) is 1. The predicted octanol–water partition coefficient (Wildman–Crippen LogP) is 4.13. The van der Waals surface area contributed by atoms with Crippen LogP contribution in [0.3, 0.4) is 0 Å². The molecule has 0 bridgehead atoms. The lowest BCUT2D eigenvalue weighted by Gasteiger charge is -2.63. The summed E-state index contributed by atoms with van der Waals surface area (Å²) in [7, 11) is 0. The summed E-state index contributed by atoms with van der Waals surface area (Å²) >= 11 is 0.956. The number of hydrogen-bond acceptors (Lipinski definition) is 6. The highest BCUT2D eigenvalue weighted by molar-refractivity contribution is 8.13. The second-order valence-corrected chi connectivity index (χ2v) is 11.3. The number of allylic oxidation sites excluding steroid dienone is 4. The van der Waals surface area contributed by atoms with E-state index in [2.05, 4.69) is 0 Å². The highest BCUT2D eigenvalue weighted by atomic mass is 32.2. The van der Waals surface area contributed by atoms with E-state index < -0.39 is 63.9 Å². The second kappa shape index (κ2) is 7.74. The Bertz CT molecular complexity index is 964. The van der Waals surface area contributed by atoms with Crippen molar-refractivity contribution in [2.45, 2.75) is 76.9 Å². The molecule has 3 saturated carbocycles. The van der Waals surface area contributed by atoms with Crippen molar-refractivity contribution >= 4 is 28.6 Å². The average Bonchev–Trinajstić information content (AvgIpc) is 2.98. The molecule has 0 aromatic heterocycles. The van der Waals surface area contributed by atoms with E-state index >= 15 is 8.78 Å². The summed E-state index contributed by atoms with van der Waals surface area (Å²) in [6, 6.07) is 0. The molecule has 0 spiro atoms. The van der Waals surface area contributed by atoms with Crippen LogP contribution in [0.1, 0.15) is 53.4 Å². The van der Waals surface area contributed by atoms with Crippen molar-refractivity contribution in [2.24, 2.45) is 28.6 Å². The van der Waals surface area contributed by atoms with Crippen molar-refractivity contribution in [1.29, 1.82) is 0 Å². The van der Waals surface area contributed by atoms with Gasteiger partial charge < -0.3 is 9.84 Å². The van der Waals surface area contributed by atoms with E-state index in [0.717, 1.165) is 17.8 Å². The maximum Gasteiger partial charge on any atom is 0.306 e. The van der Waals surface area contributed by atoms with E-state index in [9.17, 15) is 19.5 Å². The minimum atomic E-state index is -2.23. The number of halogens is 2. The third-order valence-electron chi connectivity index (χ3n) is 9.22. The van der Waals surface area contributed by atoms with Crippen LogP contribution in [-0.2, 0) is 19.1 Å². The molecule has 1 N–H and O–H groups in total. The summed E-state index contributed by atoms with van der Waals surface area (Å²) in [5.74, 6) is -2.77. The largest absolute Gasteiger partial charge is 0.449 e. The minimum Gasteiger partial charge on any atom is -0.449 e. The van der Waals surface area contributed by atoms with E-state index in [1.807, 2.05) is 6.92 Å². The summed E-state index contributed by atoms with van der Waals surface area (Å²) < 4.78 is 38.6. The van der Waals surface area contributed by atoms with Crippen LogP contribution < -0.4 is 0 Å². The van der Waals surface area contributed by atoms with Gasteiger partial charge in [0.05, 0.1) is 6.10 Å². The van der Waals surface area contributed by atoms with Gasteiger partial charge in [0.25, 0.3) is 0 Å². The van der Waals surface area contributed by atoms with Crippen LogP contribution in [0.4, 0.5) is 8.78 Å². The lowest BCUT2D eigenvalue weighted by atomic mass is 9.44. The number of alkyl halides is 2. The van der Waals surface area contributed by atoms with Gasteiger partial charge in [-0.1, -0.05) is 38.6 Å². The lowest BCUT2D eigenvalue weighted by molar-refractivity contribution is -0.228. The van der Waals surface area contributed by atoms with Gasteiger partial charge in [0.15, 0.2) is 17.1 Å². The van der Waals surface area contributed by atoms with Gasteiger partial charge in [0, 0.05) is 29.1 Å². The number of carbonyl (C=O) groups excluding carboxylic acids is 3. The van der Waals surface area contributed by atoms with E-state index in [1.54, 1.807) is 27.0 Å². The first-order valence-electron chi connectivity index (χ1n) is 11.6. The molecule has 5 nitrogen and oxygen atoms in total. The Balaban J connectivity index is 1.88. The Labute approximate surface area is 197 Å². The molecule has 0 saturated heterocycles. The fraction of sp³-hybridized carbons (Fsp3) is 0.720. The highest BCUT2D eigenvalue weighted by Gasteiger charge is 2.78. The number of aliphatic hydroxyl groups excluding tert-OH is 1. The van der Waals surface area contributed by atoms with Crippen LogP contribution in [-0.4, -0.2) is 51.8 Å². The summed E-state index contributed by atoms with van der Waals surface area (Å²) in [5.41, 5.74) is -6.25. The predicted molar refractivity (Wildman–Crippen MR) is 121 cm³/mol. The van der Waals surface area contributed by atoms with Crippen LogP contribution in [0.2, 0.25) is 0 Å². The second-order valence-electron chi connectivity index (χ2n) is 10.6. The first-order chi connectivity index (χ1) is 15.3. The number of ketones is 1. The molecule has 3 fully saturated rings. The van der Waals surface area contributed by atoms with Crippen molar-refractivity contribution < 1.29 is 33.0 Å². The van der Waals surface area contributed by atoms with Gasteiger partial charge in [-0.25, -0.2) is 8.78 Å². The number of carbonyl (C=O) groups is 3. The van der Waals surface area contributed by atoms with Gasteiger partial charge in [-0.2, -0.15) is 0 Å². The van der Waals surface area contributed by atoms with Crippen LogP contribution >= 0.6 is 11.8 Å². The smallest absolute Gasteiger partial charge is 0.306 e. The standard InChI is InChI=1S/C25H32F2O5S/c1-6-20(30)32-25(21(31)33-5)13(2)9-15-16-11-18(26)17-10-14(28)7-8-22(17,3)24(16,27)19(29)12-23(15,25)4/h7-8,10,13,15-16,18-19,29H,6,9,11-12H2,1-5H3/t13-,15-,16-,18-,19-,22-,23-,24?,25?/m0/s1. The van der Waals surface area contributed by atoms with E-state index in [-0.39, 0.29) is 30.0 Å². The Hall–Kier alpha value is -1.54. The number of aliphatic hydroxyl groups is 1. The zero-order valence-electron chi connectivity index (χ0n) is 19.7. The van der Waals surface area contributed by atoms with Gasteiger partial charge in [-0.05, 0) is 56.1 Å². The quantitative estimate of drug-likeness (QED) is 0.610. The molecule has 2 unspecified atom stereocenters. The first kappa shape index (κ1) is 24.6. The van der Waals surface area contributed by atoms with Crippen molar-refractivity contribution in [1.82, 2.24) is 0 Å². The van der Waals surface area contributed by atoms with Gasteiger partial charge in [0.2, 0.25) is 5.12 Å². The molecule has 4 rings (SSSR count). The molecule has 8 heteroatoms. The minimum absolute atomic E-state index is 0.0614. The Morgan fingerprint density at radius 3 is 2.55 bits per heavy atom. The lowest BCUT2D eigenvalue weighted by Crippen LogP contribution is -2.70. The number of rotatable bonds is 3. The average molecular weight is 483 g/mol. The molecule has 0 heterocycles. The van der Waals surface area contributed by atoms with Gasteiger partial charge in [-0.15, -0.1) is 0 Å². The van der Waals surface area contributed by atoms with Crippen molar-refractivity contribution in [3.05, 3.63) is 23.8 Å². The first-order valence-corrected chi connectivity index (χ1v) is 12.8. The highest BCUT2D eigenvalue weighted by Crippen LogP contribution is 2.72. The Morgan fingerprint density at radius 1 is 1.27 bits per heavy atom. The van der Waals surface area contributed by atoms with E-state index in [4.69, 9.17) is 4.74 Å². The molecular weight excluding hydrogens is 450 g/mol. The summed E-state index contributed by atoms with van der Waals surface area (Å²) in [6.07, 6.45) is 2.45. The monoisotopic (exact) mass is 482 g/mol. The number of esters is 1. The molecule has 0 aromatic rings. The summed E-state index contributed by atoms with van der Waals surface area (Å²) in [5, 5.41) is 11.1. The number of fused-ring (bicyclic) bond motifs is 5. The molecule has 0 aliphatic heterocycles. The molecule has 0 radical (unpaired) electrons. The Morgan fingerprint density at radius 2 is 1.94 bits per heavy atom. The van der Waals surface area contributed by atoms with Crippen LogP contribution in [0.5, 0.6) is 0 Å². The van der Waals surface area contributed by atoms with Crippen LogP contribution in [0.15, 0.2) is 23.8 Å². The SMILES string of the molecule is CCC(=O)OC1(C(=O)SC)[C@@H](C)C[C@H]2[C@@H]3C[C@H](F)C4=CC(=O)C=C[C@]4(C)C3(F)[C@@H](O)C[C@@]21C. The van der Waals surface area contributed by atoms with Crippen molar-refractivity contribution in [2.75, 3.05) is 6.26 Å². The normalized spacial score (nSPS) is 48.4. The number of hydrogen-bond donors (Lipinski definition) is 1. The summed E-state index contributed by atoms with van der Waals surface area (Å²) in [6.45, 7) is 6.78. The maximum atomic E-state index is 17.2. The third-order valence-corrected chi connectivity index (χ3v) is 9.89. The molecule has 182 valence electrons. The van der Waals surface area contributed by atoms with Gasteiger partial charge in [-0.3, -0.25) is 14.4 Å². The van der Waals surface area contributed by atoms with Crippen molar-refractivity contribution in [3.8, 4) is 0 Å². The van der Waals surface area contributed by atoms with E-state index in [0.29, 0.717) is 6.42 Å². The van der Waals surface area contributed by atoms with Crippen molar-refractivity contribution in [3.63, 3.8) is 0 Å². The van der Waals surface area contributed by atoms with Gasteiger partial charge in [0.1, 0.15) is 6.17 Å². The molecular formula is C25H32F2O5S. The molecule has 4 aliphatic carbocycles. The fourth-order valence-corrected chi connectivity index (χ4v) is 8.40. The molecule has 33 heavy (non-hydrogen) atoms. The van der Waals surface area contributed by atoms with Gasteiger partial charge >= 0.3 is 5.97 Å². The summed E-state index contributed by atoms with van der Waals surface area (Å²) in [4.78, 5) is 37.8.